The maximum absolute atomic E-state index is 14.0. The molecule has 12 nitrogen and oxygen atoms in total. The number of ether oxygens (including phenoxy) is 1. The maximum atomic E-state index is 14.0. The molecular formula is C33H34N6O6. The summed E-state index contributed by atoms with van der Waals surface area (Å²) in [5.74, 6) is -0.456. The van der Waals surface area contributed by atoms with Crippen molar-refractivity contribution in [2.45, 2.75) is 52.6 Å². The number of hydrogen-bond acceptors (Lipinski definition) is 7. The average molecular weight is 611 g/mol. The lowest BCUT2D eigenvalue weighted by atomic mass is 10.2. The van der Waals surface area contributed by atoms with E-state index in [1.165, 1.54) is 23.1 Å². The Bertz CT molecular complexity index is 2390. The summed E-state index contributed by atoms with van der Waals surface area (Å²) in [6, 6.07) is 14.3. The first-order valence-electron chi connectivity index (χ1n) is 15.0. The lowest BCUT2D eigenvalue weighted by Gasteiger charge is -2.19. The smallest absolute Gasteiger partial charge is 0.352 e. The zero-order chi connectivity index (χ0) is 32.2. The fourth-order valence-corrected chi connectivity index (χ4v) is 6.23. The monoisotopic (exact) mass is 610 g/mol. The van der Waals surface area contributed by atoms with E-state index in [1.54, 1.807) is 23.7 Å². The molecule has 0 bridgehead atoms. The largest absolute Gasteiger partial charge is 0.464 e. The lowest BCUT2D eigenvalue weighted by Crippen LogP contribution is -2.37. The second-order valence-corrected chi connectivity index (χ2v) is 11.3. The molecule has 0 amide bonds. The summed E-state index contributed by atoms with van der Waals surface area (Å²) < 4.78 is 12.8. The van der Waals surface area contributed by atoms with Crippen LogP contribution in [0.25, 0.3) is 49.6 Å². The molecule has 0 spiro atoms. The van der Waals surface area contributed by atoms with E-state index in [1.807, 2.05) is 54.8 Å². The molecule has 0 saturated heterocycles. The molecule has 0 N–H and O–H groups in total. The van der Waals surface area contributed by atoms with Crippen LogP contribution in [0.4, 0.5) is 0 Å². The third-order valence-corrected chi connectivity index (χ3v) is 8.53. The Kier molecular flexibility index (Phi) is 7.51. The van der Waals surface area contributed by atoms with Crippen molar-refractivity contribution in [2.24, 2.45) is 14.1 Å². The maximum Gasteiger partial charge on any atom is 0.352 e. The summed E-state index contributed by atoms with van der Waals surface area (Å²) >= 11 is 0. The van der Waals surface area contributed by atoms with Gasteiger partial charge in [0.05, 0.1) is 27.8 Å². The third kappa shape index (κ3) is 4.59. The first-order chi connectivity index (χ1) is 21.6. The standard InChI is InChI=1S/C33H34N6O6/c1-6-8-16-37-31(42)26-22-14-15-23-25(17-24(22)38(28(26)34-32(37)43)20(7-2)18-45-19(3)40)39(21-12-10-9-11-13-21)29-27(23)30(41)36(5)33(44)35(29)4/h9-15,17,20H,6-8,16,18H2,1-5H3/t20-/m1/s1. The molecule has 0 aliphatic heterocycles. The molecule has 6 rings (SSSR count). The molecule has 232 valence electrons. The Labute approximate surface area is 256 Å². The van der Waals surface area contributed by atoms with Crippen molar-refractivity contribution in [3.63, 3.8) is 0 Å². The minimum absolute atomic E-state index is 0.00201. The molecular weight excluding hydrogens is 576 g/mol. The van der Waals surface area contributed by atoms with Gasteiger partial charge in [-0.1, -0.05) is 50.6 Å². The molecule has 0 saturated carbocycles. The predicted molar refractivity (Wildman–Crippen MR) is 173 cm³/mol. The van der Waals surface area contributed by atoms with E-state index in [4.69, 9.17) is 4.74 Å². The molecule has 0 aliphatic carbocycles. The number of fused-ring (bicyclic) bond motifs is 6. The molecule has 0 fully saturated rings. The zero-order valence-corrected chi connectivity index (χ0v) is 25.9. The Morgan fingerprint density at radius 1 is 0.889 bits per heavy atom. The Balaban J connectivity index is 1.88. The number of carbonyl (C=O) groups excluding carboxylic acids is 1. The number of hydrogen-bond donors (Lipinski definition) is 0. The molecule has 45 heavy (non-hydrogen) atoms. The number of benzene rings is 1. The molecule has 4 aromatic heterocycles. The summed E-state index contributed by atoms with van der Waals surface area (Å²) in [6.07, 6.45) is 1.93. The van der Waals surface area contributed by atoms with E-state index in [0.717, 1.165) is 16.7 Å². The van der Waals surface area contributed by atoms with Gasteiger partial charge in [0.15, 0.2) is 5.65 Å². The van der Waals surface area contributed by atoms with Crippen LogP contribution in [0.15, 0.2) is 67.7 Å². The number of esters is 1. The number of rotatable bonds is 8. The van der Waals surface area contributed by atoms with Gasteiger partial charge in [-0.2, -0.15) is 4.98 Å². The van der Waals surface area contributed by atoms with Gasteiger partial charge >= 0.3 is 17.3 Å². The van der Waals surface area contributed by atoms with Gasteiger partial charge in [-0.15, -0.1) is 0 Å². The normalized spacial score (nSPS) is 12.5. The fraction of sp³-hybridized carbons (Fsp3) is 0.333. The van der Waals surface area contributed by atoms with Crippen molar-refractivity contribution in [1.29, 1.82) is 0 Å². The lowest BCUT2D eigenvalue weighted by molar-refractivity contribution is -0.142. The van der Waals surface area contributed by atoms with Crippen LogP contribution in [-0.4, -0.2) is 40.4 Å². The van der Waals surface area contributed by atoms with Gasteiger partial charge in [0, 0.05) is 44.0 Å². The van der Waals surface area contributed by atoms with Crippen LogP contribution in [0.3, 0.4) is 0 Å². The highest BCUT2D eigenvalue weighted by Crippen LogP contribution is 2.35. The molecule has 0 radical (unpaired) electrons. The van der Waals surface area contributed by atoms with Crippen molar-refractivity contribution >= 4 is 49.8 Å². The number of unbranched alkanes of at least 4 members (excludes halogenated alkanes) is 1. The third-order valence-electron chi connectivity index (χ3n) is 8.53. The average Bonchev–Trinajstić information content (AvgIpc) is 3.43. The number of aromatic nitrogens is 6. The van der Waals surface area contributed by atoms with Gasteiger partial charge in [-0.25, -0.2) is 9.59 Å². The number of aryl methyl sites for hydroxylation is 1. The molecule has 1 atom stereocenters. The molecule has 2 aromatic carbocycles. The topological polar surface area (TPSA) is 132 Å². The Morgan fingerprint density at radius 2 is 1.58 bits per heavy atom. The van der Waals surface area contributed by atoms with E-state index in [-0.39, 0.29) is 24.2 Å². The van der Waals surface area contributed by atoms with E-state index in [9.17, 15) is 24.0 Å². The molecule has 0 aliphatic rings. The molecule has 12 heteroatoms. The highest BCUT2D eigenvalue weighted by molar-refractivity contribution is 6.13. The van der Waals surface area contributed by atoms with Gasteiger partial charge in [-0.05, 0) is 31.0 Å². The van der Waals surface area contributed by atoms with Crippen LogP contribution in [-0.2, 0) is 30.2 Å². The van der Waals surface area contributed by atoms with Crippen LogP contribution in [0.2, 0.25) is 0 Å². The SMILES string of the molecule is CCCCn1c(=O)nc2c(c1=O)c1ccc3c4c(=O)n(C)c(=O)n(C)c4n(-c4ccccc4)c3cc1n2[C@H](CC)COC(C)=O. The summed E-state index contributed by atoms with van der Waals surface area (Å²) in [4.78, 5) is 70.3. The van der Waals surface area contributed by atoms with Crippen LogP contribution in [0, 0.1) is 0 Å². The van der Waals surface area contributed by atoms with Crippen LogP contribution in [0.5, 0.6) is 0 Å². The van der Waals surface area contributed by atoms with Crippen molar-refractivity contribution < 1.29 is 9.53 Å². The van der Waals surface area contributed by atoms with E-state index in [0.29, 0.717) is 45.7 Å². The van der Waals surface area contributed by atoms with Crippen molar-refractivity contribution in [2.75, 3.05) is 6.61 Å². The summed E-state index contributed by atoms with van der Waals surface area (Å²) in [5.41, 5.74) is 0.505. The van der Waals surface area contributed by atoms with Gasteiger partial charge < -0.3 is 9.30 Å². The minimum atomic E-state index is -0.640. The first-order valence-corrected chi connectivity index (χ1v) is 15.0. The van der Waals surface area contributed by atoms with Gasteiger partial charge in [-0.3, -0.25) is 32.7 Å². The summed E-state index contributed by atoms with van der Waals surface area (Å²) in [7, 11) is 3.07. The second-order valence-electron chi connectivity index (χ2n) is 11.3. The molecule has 6 aromatic rings. The second kappa shape index (κ2) is 11.3. The van der Waals surface area contributed by atoms with Gasteiger partial charge in [0.1, 0.15) is 12.3 Å². The van der Waals surface area contributed by atoms with Crippen molar-refractivity contribution in [3.05, 3.63) is 90.2 Å². The van der Waals surface area contributed by atoms with Crippen molar-refractivity contribution in [1.82, 2.24) is 27.8 Å². The summed E-state index contributed by atoms with van der Waals surface area (Å²) in [5, 5.41) is 1.74. The van der Waals surface area contributed by atoms with E-state index in [2.05, 4.69) is 4.98 Å². The number of para-hydroxylation sites is 1. The highest BCUT2D eigenvalue weighted by Gasteiger charge is 2.26. The molecule has 0 unspecified atom stereocenters. The van der Waals surface area contributed by atoms with Crippen molar-refractivity contribution in [3.8, 4) is 5.69 Å². The van der Waals surface area contributed by atoms with Gasteiger partial charge in [0.2, 0.25) is 0 Å². The minimum Gasteiger partial charge on any atom is -0.464 e. The van der Waals surface area contributed by atoms with Crippen LogP contribution >= 0.6 is 0 Å². The fourth-order valence-electron chi connectivity index (χ4n) is 6.23. The Hall–Kier alpha value is -5.26. The summed E-state index contributed by atoms with van der Waals surface area (Å²) in [6.45, 7) is 5.46. The van der Waals surface area contributed by atoms with E-state index >= 15 is 0 Å². The van der Waals surface area contributed by atoms with Crippen LogP contribution in [0.1, 0.15) is 46.1 Å². The van der Waals surface area contributed by atoms with E-state index < -0.39 is 34.5 Å². The number of carbonyl (C=O) groups is 1. The number of nitrogens with zero attached hydrogens (tertiary/aromatic N) is 6. The highest BCUT2D eigenvalue weighted by atomic mass is 16.5. The predicted octanol–water partition coefficient (Wildman–Crippen LogP) is 3.52. The van der Waals surface area contributed by atoms with Crippen LogP contribution < -0.4 is 22.5 Å². The molecule has 4 heterocycles. The Morgan fingerprint density at radius 3 is 2.22 bits per heavy atom. The zero-order valence-electron chi connectivity index (χ0n) is 25.9. The first kappa shape index (κ1) is 29.8. The quantitative estimate of drug-likeness (QED) is 0.241. The van der Waals surface area contributed by atoms with Gasteiger partial charge in [0.25, 0.3) is 11.1 Å².